The third-order valence-corrected chi connectivity index (χ3v) is 2.38. The van der Waals surface area contributed by atoms with Crippen molar-refractivity contribution >= 4 is 5.69 Å². The largest absolute Gasteiger partial charge is 0.372 e. The lowest BCUT2D eigenvalue weighted by atomic mass is 10.1. The van der Waals surface area contributed by atoms with Crippen LogP contribution in [0.15, 0.2) is 12.1 Å². The van der Waals surface area contributed by atoms with Crippen molar-refractivity contribution in [1.29, 1.82) is 0 Å². The molecular formula is C12H18N. The highest BCUT2D eigenvalue weighted by Crippen LogP contribution is 2.19. The van der Waals surface area contributed by atoms with Crippen molar-refractivity contribution < 1.29 is 0 Å². The van der Waals surface area contributed by atoms with Crippen LogP contribution in [0.4, 0.5) is 5.69 Å². The Bertz CT molecular complexity index is 274. The van der Waals surface area contributed by atoms with E-state index in [9.17, 15) is 0 Å². The molecular weight excluding hydrogens is 158 g/mol. The van der Waals surface area contributed by atoms with Crippen molar-refractivity contribution in [2.24, 2.45) is 0 Å². The maximum atomic E-state index is 3.25. The molecule has 71 valence electrons. The van der Waals surface area contributed by atoms with Crippen LogP contribution < -0.4 is 4.90 Å². The van der Waals surface area contributed by atoms with E-state index < -0.39 is 0 Å². The monoisotopic (exact) mass is 176 g/mol. The molecule has 0 N–H and O–H groups in total. The Hall–Kier alpha value is -0.980. The molecule has 0 saturated carbocycles. The summed E-state index contributed by atoms with van der Waals surface area (Å²) in [7, 11) is 0. The van der Waals surface area contributed by atoms with Crippen LogP contribution in [0.1, 0.15) is 25.0 Å². The second kappa shape index (κ2) is 4.31. The third-order valence-electron chi connectivity index (χ3n) is 2.38. The normalized spacial score (nSPS) is 10.2. The van der Waals surface area contributed by atoms with Gasteiger partial charge in [0.05, 0.1) is 0 Å². The van der Waals surface area contributed by atoms with Gasteiger partial charge in [0.25, 0.3) is 0 Å². The zero-order valence-electron chi connectivity index (χ0n) is 9.02. The van der Waals surface area contributed by atoms with E-state index in [0.717, 1.165) is 13.1 Å². The highest BCUT2D eigenvalue weighted by molar-refractivity contribution is 5.53. The lowest BCUT2D eigenvalue weighted by molar-refractivity contribution is 0.861. The Labute approximate surface area is 81.4 Å². The van der Waals surface area contributed by atoms with E-state index in [1.807, 2.05) is 0 Å². The van der Waals surface area contributed by atoms with E-state index in [-0.39, 0.29) is 0 Å². The molecule has 1 rings (SSSR count). The van der Waals surface area contributed by atoms with E-state index >= 15 is 0 Å². The van der Waals surface area contributed by atoms with Crippen LogP contribution in [-0.2, 0) is 0 Å². The van der Waals surface area contributed by atoms with Crippen molar-refractivity contribution in [2.75, 3.05) is 18.0 Å². The number of hydrogen-bond acceptors (Lipinski definition) is 1. The molecule has 1 nitrogen and oxygen atoms in total. The van der Waals surface area contributed by atoms with Crippen LogP contribution in [0.3, 0.4) is 0 Å². The molecule has 0 heterocycles. The van der Waals surface area contributed by atoms with Crippen LogP contribution in [-0.4, -0.2) is 13.1 Å². The number of benzene rings is 1. The first kappa shape index (κ1) is 10.1. The first-order chi connectivity index (χ1) is 6.19. The van der Waals surface area contributed by atoms with Gasteiger partial charge in [-0.05, 0) is 51.0 Å². The predicted molar refractivity (Wildman–Crippen MR) is 58.3 cm³/mol. The van der Waals surface area contributed by atoms with Crippen molar-refractivity contribution in [3.63, 3.8) is 0 Å². The summed E-state index contributed by atoms with van der Waals surface area (Å²) in [5.74, 6) is 0. The standard InChI is InChI=1S/C12H18N/c1-5-13(6-2)12-8-7-10(3)9-11(12)4/h8-9H,5-6H2,1-4H3. The van der Waals surface area contributed by atoms with E-state index in [2.05, 4.69) is 50.8 Å². The zero-order valence-corrected chi connectivity index (χ0v) is 9.02. The maximum absolute atomic E-state index is 3.25. The minimum Gasteiger partial charge on any atom is -0.372 e. The number of nitrogens with zero attached hydrogens (tertiary/aromatic N) is 1. The number of anilines is 1. The first-order valence-corrected chi connectivity index (χ1v) is 4.92. The van der Waals surface area contributed by atoms with Gasteiger partial charge in [0.2, 0.25) is 0 Å². The van der Waals surface area contributed by atoms with Gasteiger partial charge in [-0.2, -0.15) is 0 Å². The molecule has 0 saturated heterocycles. The Morgan fingerprint density at radius 3 is 2.31 bits per heavy atom. The highest BCUT2D eigenvalue weighted by Gasteiger charge is 2.04. The van der Waals surface area contributed by atoms with Crippen molar-refractivity contribution in [3.05, 3.63) is 29.3 Å². The minimum absolute atomic E-state index is 1.06. The van der Waals surface area contributed by atoms with E-state index in [0.29, 0.717) is 0 Å². The molecule has 1 aromatic rings. The molecule has 13 heavy (non-hydrogen) atoms. The Morgan fingerprint density at radius 1 is 1.23 bits per heavy atom. The van der Waals surface area contributed by atoms with Crippen molar-refractivity contribution in [1.82, 2.24) is 0 Å². The molecule has 0 aliphatic rings. The average molecular weight is 176 g/mol. The van der Waals surface area contributed by atoms with E-state index in [1.54, 1.807) is 0 Å². The van der Waals surface area contributed by atoms with Gasteiger partial charge in [-0.3, -0.25) is 0 Å². The van der Waals surface area contributed by atoms with Crippen molar-refractivity contribution in [3.8, 4) is 0 Å². The molecule has 0 aliphatic heterocycles. The summed E-state index contributed by atoms with van der Waals surface area (Å²) in [5, 5.41) is 0. The lowest BCUT2D eigenvalue weighted by Crippen LogP contribution is -2.22. The second-order valence-electron chi connectivity index (χ2n) is 3.36. The average Bonchev–Trinajstić information content (AvgIpc) is 2.10. The fourth-order valence-corrected chi connectivity index (χ4v) is 1.64. The Kier molecular flexibility index (Phi) is 3.35. The molecule has 0 atom stereocenters. The first-order valence-electron chi connectivity index (χ1n) is 4.92. The molecule has 1 aromatic carbocycles. The molecule has 0 bridgehead atoms. The summed E-state index contributed by atoms with van der Waals surface area (Å²) in [6.07, 6.45) is 0. The summed E-state index contributed by atoms with van der Waals surface area (Å²) < 4.78 is 0. The third kappa shape index (κ3) is 2.24. The molecule has 0 amide bonds. The van der Waals surface area contributed by atoms with Gasteiger partial charge in [-0.25, -0.2) is 0 Å². The van der Waals surface area contributed by atoms with Crippen LogP contribution >= 0.6 is 0 Å². The minimum atomic E-state index is 1.06. The number of aryl methyl sites for hydroxylation is 2. The van der Waals surface area contributed by atoms with Crippen LogP contribution in [0.2, 0.25) is 0 Å². The van der Waals surface area contributed by atoms with Gasteiger partial charge in [-0.1, -0.05) is 6.07 Å². The highest BCUT2D eigenvalue weighted by atomic mass is 15.1. The van der Waals surface area contributed by atoms with Crippen LogP contribution in [0, 0.1) is 19.9 Å². The van der Waals surface area contributed by atoms with Gasteiger partial charge in [-0.15, -0.1) is 0 Å². The summed E-state index contributed by atoms with van der Waals surface area (Å²) in [6, 6.07) is 7.53. The molecule has 1 radical (unpaired) electrons. The molecule has 0 fully saturated rings. The molecule has 0 unspecified atom stereocenters. The summed E-state index contributed by atoms with van der Waals surface area (Å²) in [6.45, 7) is 10.7. The fourth-order valence-electron chi connectivity index (χ4n) is 1.64. The van der Waals surface area contributed by atoms with Gasteiger partial charge in [0, 0.05) is 18.8 Å². The van der Waals surface area contributed by atoms with E-state index in [4.69, 9.17) is 0 Å². The number of hydrogen-bond donors (Lipinski definition) is 0. The molecule has 0 aromatic heterocycles. The molecule has 0 spiro atoms. The fraction of sp³-hybridized carbons (Fsp3) is 0.500. The SMILES string of the molecule is CCN(CC)c1c[c]c(C)cc1C. The van der Waals surface area contributed by atoms with Gasteiger partial charge in [0.15, 0.2) is 0 Å². The maximum Gasteiger partial charge on any atom is 0.0402 e. The number of rotatable bonds is 3. The van der Waals surface area contributed by atoms with Gasteiger partial charge < -0.3 is 4.90 Å². The zero-order chi connectivity index (χ0) is 9.84. The van der Waals surface area contributed by atoms with Gasteiger partial charge >= 0.3 is 0 Å². The summed E-state index contributed by atoms with van der Waals surface area (Å²) in [5.41, 5.74) is 3.88. The summed E-state index contributed by atoms with van der Waals surface area (Å²) >= 11 is 0. The molecule has 0 aliphatic carbocycles. The second-order valence-corrected chi connectivity index (χ2v) is 3.36. The smallest absolute Gasteiger partial charge is 0.0402 e. The summed E-state index contributed by atoms with van der Waals surface area (Å²) in [4.78, 5) is 2.35. The molecule has 1 heteroatoms. The van der Waals surface area contributed by atoms with Crippen LogP contribution in [0.5, 0.6) is 0 Å². The quantitative estimate of drug-likeness (QED) is 0.684. The van der Waals surface area contributed by atoms with Gasteiger partial charge in [0.1, 0.15) is 0 Å². The van der Waals surface area contributed by atoms with Crippen LogP contribution in [0.25, 0.3) is 0 Å². The topological polar surface area (TPSA) is 3.24 Å². The Morgan fingerprint density at radius 2 is 1.85 bits per heavy atom. The lowest BCUT2D eigenvalue weighted by Gasteiger charge is -2.23. The predicted octanol–water partition coefficient (Wildman–Crippen LogP) is 2.95. The van der Waals surface area contributed by atoms with E-state index in [1.165, 1.54) is 16.8 Å². The Balaban J connectivity index is 2.99. The van der Waals surface area contributed by atoms with Crippen molar-refractivity contribution in [2.45, 2.75) is 27.7 Å².